The average molecular weight is 262 g/mol. The molecule has 2 aliphatic heterocycles. The fourth-order valence-corrected chi connectivity index (χ4v) is 3.64. The van der Waals surface area contributed by atoms with Crippen molar-refractivity contribution >= 4 is 5.91 Å². The highest BCUT2D eigenvalue weighted by Crippen LogP contribution is 2.32. The maximum Gasteiger partial charge on any atom is 0.244 e. The Balaban J connectivity index is 1.75. The van der Waals surface area contributed by atoms with Crippen molar-refractivity contribution in [3.8, 4) is 0 Å². The number of likely N-dealkylation sites (tertiary alicyclic amines) is 1. The van der Waals surface area contributed by atoms with Crippen molar-refractivity contribution < 1.29 is 4.79 Å². The Bertz CT molecular complexity index is 496. The molecule has 0 aliphatic carbocycles. The summed E-state index contributed by atoms with van der Waals surface area (Å²) in [6.45, 7) is 8.49. The molecule has 0 saturated carbocycles. The van der Waals surface area contributed by atoms with Gasteiger partial charge in [-0.1, -0.05) is 0 Å². The van der Waals surface area contributed by atoms with Gasteiger partial charge < -0.3 is 10.2 Å². The lowest BCUT2D eigenvalue weighted by Gasteiger charge is -2.27. The van der Waals surface area contributed by atoms with Crippen LogP contribution in [0.4, 0.5) is 0 Å². The third-order valence-corrected chi connectivity index (χ3v) is 4.46. The molecule has 0 bridgehead atoms. The molecule has 2 fully saturated rings. The molecule has 3 unspecified atom stereocenters. The molecule has 0 aromatic carbocycles. The van der Waals surface area contributed by atoms with E-state index in [1.165, 1.54) is 0 Å². The molecule has 0 radical (unpaired) electrons. The number of aromatic nitrogens is 2. The van der Waals surface area contributed by atoms with E-state index in [-0.39, 0.29) is 5.91 Å². The highest BCUT2D eigenvalue weighted by atomic mass is 16.2. The van der Waals surface area contributed by atoms with Gasteiger partial charge in [0.2, 0.25) is 5.91 Å². The largest absolute Gasteiger partial charge is 0.334 e. The average Bonchev–Trinajstić information content (AvgIpc) is 2.94. The molecule has 1 aromatic heterocycles. The van der Waals surface area contributed by atoms with Gasteiger partial charge in [-0.15, -0.1) is 0 Å². The van der Waals surface area contributed by atoms with Crippen molar-refractivity contribution in [1.29, 1.82) is 0 Å². The fraction of sp³-hybridized carbons (Fsp3) is 0.714. The highest BCUT2D eigenvalue weighted by molar-refractivity contribution is 5.77. The Morgan fingerprint density at radius 1 is 1.47 bits per heavy atom. The van der Waals surface area contributed by atoms with Crippen LogP contribution in [0.3, 0.4) is 0 Å². The second-order valence-electron chi connectivity index (χ2n) is 5.96. The van der Waals surface area contributed by atoms with E-state index < -0.39 is 0 Å². The Labute approximate surface area is 114 Å². The number of nitrogens with one attached hydrogen (secondary N) is 1. The number of carbonyl (C=O) groups is 1. The minimum atomic E-state index is 0.204. The van der Waals surface area contributed by atoms with Crippen molar-refractivity contribution in [3.63, 3.8) is 0 Å². The van der Waals surface area contributed by atoms with E-state index in [1.807, 2.05) is 24.6 Å². The van der Waals surface area contributed by atoms with Crippen LogP contribution in [0.1, 0.15) is 24.7 Å². The first-order chi connectivity index (χ1) is 9.06. The number of amides is 1. The first kappa shape index (κ1) is 12.7. The molecule has 104 valence electrons. The number of fused-ring (bicyclic) bond motifs is 1. The van der Waals surface area contributed by atoms with Gasteiger partial charge in [0.15, 0.2) is 0 Å². The molecular weight excluding hydrogens is 240 g/mol. The number of nitrogens with zero attached hydrogens (tertiary/aromatic N) is 3. The monoisotopic (exact) mass is 262 g/mol. The maximum absolute atomic E-state index is 12.6. The maximum atomic E-state index is 12.6. The molecule has 3 atom stereocenters. The smallest absolute Gasteiger partial charge is 0.244 e. The standard InChI is InChI=1S/C14H22N4O/c1-9-4-10(2)17(16-9)8-14(19)18-11(3)5-12-6-15-7-13(12)18/h4,11-13,15H,5-8H2,1-3H3. The molecule has 3 heterocycles. The highest BCUT2D eigenvalue weighted by Gasteiger charge is 2.43. The lowest BCUT2D eigenvalue weighted by molar-refractivity contribution is -0.134. The van der Waals surface area contributed by atoms with Gasteiger partial charge >= 0.3 is 0 Å². The summed E-state index contributed by atoms with van der Waals surface area (Å²) in [5, 5.41) is 7.78. The molecule has 1 aromatic rings. The third-order valence-electron chi connectivity index (χ3n) is 4.46. The summed E-state index contributed by atoms with van der Waals surface area (Å²) in [6, 6.07) is 2.77. The molecule has 2 aliphatic rings. The van der Waals surface area contributed by atoms with Crippen LogP contribution in [-0.2, 0) is 11.3 Å². The van der Waals surface area contributed by atoms with Crippen molar-refractivity contribution in [2.24, 2.45) is 5.92 Å². The van der Waals surface area contributed by atoms with E-state index in [0.717, 1.165) is 30.9 Å². The number of hydrogen-bond donors (Lipinski definition) is 1. The van der Waals surface area contributed by atoms with Crippen molar-refractivity contribution in [2.45, 2.75) is 45.8 Å². The van der Waals surface area contributed by atoms with Gasteiger partial charge in [0, 0.05) is 30.9 Å². The predicted molar refractivity (Wildman–Crippen MR) is 72.8 cm³/mol. The number of rotatable bonds is 2. The molecule has 0 spiro atoms. The van der Waals surface area contributed by atoms with E-state index in [1.54, 1.807) is 0 Å². The topological polar surface area (TPSA) is 50.2 Å². The summed E-state index contributed by atoms with van der Waals surface area (Å²) in [5.41, 5.74) is 2.03. The van der Waals surface area contributed by atoms with Gasteiger partial charge in [-0.25, -0.2) is 0 Å². The summed E-state index contributed by atoms with van der Waals surface area (Å²) in [7, 11) is 0. The quantitative estimate of drug-likeness (QED) is 0.854. The van der Waals surface area contributed by atoms with Crippen LogP contribution in [0.5, 0.6) is 0 Å². The Morgan fingerprint density at radius 3 is 2.95 bits per heavy atom. The fourth-order valence-electron chi connectivity index (χ4n) is 3.64. The predicted octanol–water partition coefficient (Wildman–Crippen LogP) is 0.709. The van der Waals surface area contributed by atoms with Gasteiger partial charge in [-0.05, 0) is 39.2 Å². The van der Waals surface area contributed by atoms with Gasteiger partial charge in [-0.2, -0.15) is 5.10 Å². The zero-order valence-corrected chi connectivity index (χ0v) is 11.9. The molecular formula is C14H22N4O. The third kappa shape index (κ3) is 2.16. The minimum absolute atomic E-state index is 0.204. The van der Waals surface area contributed by atoms with Crippen molar-refractivity contribution in [3.05, 3.63) is 17.5 Å². The summed E-state index contributed by atoms with van der Waals surface area (Å²) in [5.74, 6) is 0.842. The Kier molecular flexibility index (Phi) is 3.09. The first-order valence-corrected chi connectivity index (χ1v) is 7.09. The van der Waals surface area contributed by atoms with Gasteiger partial charge in [0.1, 0.15) is 6.54 Å². The summed E-state index contributed by atoms with van der Waals surface area (Å²) >= 11 is 0. The van der Waals surface area contributed by atoms with E-state index in [0.29, 0.717) is 24.5 Å². The minimum Gasteiger partial charge on any atom is -0.334 e. The molecule has 2 saturated heterocycles. The number of hydrogen-bond acceptors (Lipinski definition) is 3. The van der Waals surface area contributed by atoms with E-state index in [2.05, 4.69) is 22.2 Å². The Hall–Kier alpha value is -1.36. The van der Waals surface area contributed by atoms with E-state index in [9.17, 15) is 4.79 Å². The lowest BCUT2D eigenvalue weighted by Crippen LogP contribution is -2.44. The van der Waals surface area contributed by atoms with E-state index >= 15 is 0 Å². The SMILES string of the molecule is Cc1cc(C)n(CC(=O)N2C(C)CC3CNCC32)n1. The number of carbonyl (C=O) groups excluding carboxylic acids is 1. The summed E-state index contributed by atoms with van der Waals surface area (Å²) in [4.78, 5) is 14.7. The second-order valence-corrected chi connectivity index (χ2v) is 5.96. The van der Waals surface area contributed by atoms with Crippen LogP contribution in [0.15, 0.2) is 6.07 Å². The molecule has 1 amide bonds. The molecule has 5 heteroatoms. The molecule has 1 N–H and O–H groups in total. The van der Waals surface area contributed by atoms with Crippen molar-refractivity contribution in [2.75, 3.05) is 13.1 Å². The Morgan fingerprint density at radius 2 is 2.26 bits per heavy atom. The zero-order valence-electron chi connectivity index (χ0n) is 11.9. The van der Waals surface area contributed by atoms with Crippen LogP contribution >= 0.6 is 0 Å². The van der Waals surface area contributed by atoms with Crippen LogP contribution in [0.25, 0.3) is 0 Å². The molecule has 5 nitrogen and oxygen atoms in total. The summed E-state index contributed by atoms with van der Waals surface area (Å²) < 4.78 is 1.82. The zero-order chi connectivity index (χ0) is 13.6. The number of aryl methyl sites for hydroxylation is 2. The van der Waals surface area contributed by atoms with Crippen LogP contribution in [0, 0.1) is 19.8 Å². The van der Waals surface area contributed by atoms with Crippen LogP contribution in [-0.4, -0.2) is 45.8 Å². The first-order valence-electron chi connectivity index (χ1n) is 7.09. The summed E-state index contributed by atoms with van der Waals surface area (Å²) in [6.07, 6.45) is 1.13. The molecule has 3 rings (SSSR count). The van der Waals surface area contributed by atoms with E-state index in [4.69, 9.17) is 0 Å². The lowest BCUT2D eigenvalue weighted by atomic mass is 10.0. The van der Waals surface area contributed by atoms with Gasteiger partial charge in [0.25, 0.3) is 0 Å². The second kappa shape index (κ2) is 4.63. The normalized spacial score (nSPS) is 29.8. The van der Waals surface area contributed by atoms with Crippen molar-refractivity contribution in [1.82, 2.24) is 20.0 Å². The van der Waals surface area contributed by atoms with Gasteiger partial charge in [-0.3, -0.25) is 9.48 Å². The van der Waals surface area contributed by atoms with Crippen LogP contribution in [0.2, 0.25) is 0 Å². The van der Waals surface area contributed by atoms with Gasteiger partial charge in [0.05, 0.1) is 5.69 Å². The van der Waals surface area contributed by atoms with Crippen LogP contribution < -0.4 is 5.32 Å². The molecule has 19 heavy (non-hydrogen) atoms.